The van der Waals surface area contributed by atoms with Crippen molar-refractivity contribution in [2.75, 3.05) is 22.5 Å². The van der Waals surface area contributed by atoms with Crippen LogP contribution in [0.15, 0.2) is 30.3 Å². The minimum Gasteiger partial charge on any atom is -0.396 e. The molecule has 0 aliphatic carbocycles. The summed E-state index contributed by atoms with van der Waals surface area (Å²) in [7, 11) is 0. The summed E-state index contributed by atoms with van der Waals surface area (Å²) in [6, 6.07) is 7.58. The number of hydrogen-bond acceptors (Lipinski definition) is 3. The van der Waals surface area contributed by atoms with Crippen LogP contribution in [-0.2, 0) is 9.59 Å². The summed E-state index contributed by atoms with van der Waals surface area (Å²) in [4.78, 5) is 26.0. The van der Waals surface area contributed by atoms with E-state index in [4.69, 9.17) is 28.9 Å². The number of hydrogen-bond donors (Lipinski definition) is 2. The Morgan fingerprint density at radius 3 is 2.54 bits per heavy atom. The normalized spacial score (nSPS) is 16.8. The number of nitrogen functional groups attached to an aromatic ring is 1. The molecule has 2 amide bonds. The van der Waals surface area contributed by atoms with Crippen LogP contribution in [0.2, 0.25) is 10.0 Å². The summed E-state index contributed by atoms with van der Waals surface area (Å²) in [6.07, 6.45) is -0.00438. The molecule has 8 heteroatoms. The number of anilines is 3. The molecule has 0 spiro atoms. The molecule has 2 aromatic rings. The zero-order valence-corrected chi connectivity index (χ0v) is 15.4. The first-order chi connectivity index (χ1) is 12.3. The molecule has 1 aliphatic heterocycles. The Kier molecular flexibility index (Phi) is 5.07. The molecule has 3 rings (SSSR count). The Labute approximate surface area is 159 Å². The molecule has 1 atom stereocenters. The number of nitrogens with zero attached hydrogens (tertiary/aromatic N) is 1. The van der Waals surface area contributed by atoms with Gasteiger partial charge in [0.2, 0.25) is 11.8 Å². The predicted octanol–water partition coefficient (Wildman–Crippen LogP) is 4.01. The van der Waals surface area contributed by atoms with Crippen molar-refractivity contribution in [3.05, 3.63) is 51.8 Å². The lowest BCUT2D eigenvalue weighted by Crippen LogP contribution is -2.28. The average molecular weight is 396 g/mol. The fraction of sp³-hybridized carbons (Fsp3) is 0.222. The van der Waals surface area contributed by atoms with E-state index in [0.717, 1.165) is 5.56 Å². The van der Waals surface area contributed by atoms with Gasteiger partial charge in [-0.2, -0.15) is 0 Å². The Morgan fingerprint density at radius 2 is 1.92 bits per heavy atom. The van der Waals surface area contributed by atoms with E-state index < -0.39 is 11.7 Å². The number of nitrogens with two attached hydrogens (primary N) is 1. The van der Waals surface area contributed by atoms with Crippen molar-refractivity contribution in [1.82, 2.24) is 0 Å². The van der Waals surface area contributed by atoms with Gasteiger partial charge in [-0.15, -0.1) is 0 Å². The number of nitrogens with one attached hydrogen (secondary N) is 1. The Morgan fingerprint density at radius 1 is 1.27 bits per heavy atom. The molecule has 0 saturated carbocycles. The van der Waals surface area contributed by atoms with Crippen molar-refractivity contribution >= 4 is 52.1 Å². The highest BCUT2D eigenvalue weighted by Crippen LogP contribution is 2.32. The van der Waals surface area contributed by atoms with Gasteiger partial charge in [-0.05, 0) is 36.8 Å². The van der Waals surface area contributed by atoms with Crippen molar-refractivity contribution in [3.63, 3.8) is 0 Å². The molecule has 136 valence electrons. The maximum Gasteiger partial charge on any atom is 0.229 e. The van der Waals surface area contributed by atoms with E-state index in [9.17, 15) is 14.0 Å². The van der Waals surface area contributed by atoms with Crippen LogP contribution < -0.4 is 16.0 Å². The molecule has 5 nitrogen and oxygen atoms in total. The quantitative estimate of drug-likeness (QED) is 0.770. The largest absolute Gasteiger partial charge is 0.396 e. The maximum absolute atomic E-state index is 14.1. The van der Waals surface area contributed by atoms with Gasteiger partial charge in [-0.3, -0.25) is 9.59 Å². The van der Waals surface area contributed by atoms with Gasteiger partial charge >= 0.3 is 0 Å². The number of halogens is 3. The fourth-order valence-electron chi connectivity index (χ4n) is 2.85. The first kappa shape index (κ1) is 18.5. The predicted molar refractivity (Wildman–Crippen MR) is 101 cm³/mol. The van der Waals surface area contributed by atoms with E-state index in [1.807, 2.05) is 0 Å². The second-order valence-corrected chi connectivity index (χ2v) is 7.02. The third-order valence-corrected chi connectivity index (χ3v) is 4.86. The highest BCUT2D eigenvalue weighted by Gasteiger charge is 2.36. The smallest absolute Gasteiger partial charge is 0.229 e. The topological polar surface area (TPSA) is 75.4 Å². The SMILES string of the molecule is Cc1ccc(N2CC(C(=O)Nc3cc(Cl)c(N)c(Cl)c3)CC2=O)c(F)c1. The van der Waals surface area contributed by atoms with E-state index in [-0.39, 0.29) is 46.2 Å². The van der Waals surface area contributed by atoms with Gasteiger partial charge in [0.1, 0.15) is 5.82 Å². The van der Waals surface area contributed by atoms with Gasteiger partial charge in [0.25, 0.3) is 0 Å². The third-order valence-electron chi connectivity index (χ3n) is 4.24. The van der Waals surface area contributed by atoms with E-state index >= 15 is 0 Å². The number of carbonyl (C=O) groups excluding carboxylic acids is 2. The molecular formula is C18H16Cl2FN3O2. The maximum atomic E-state index is 14.1. The minimum absolute atomic E-state index is 0.00438. The van der Waals surface area contributed by atoms with Gasteiger partial charge in [0, 0.05) is 18.7 Å². The molecule has 0 radical (unpaired) electrons. The molecule has 26 heavy (non-hydrogen) atoms. The minimum atomic E-state index is -0.613. The Balaban J connectivity index is 1.75. The molecule has 3 N–H and O–H groups in total. The van der Waals surface area contributed by atoms with Crippen LogP contribution in [0.4, 0.5) is 21.5 Å². The molecule has 1 unspecified atom stereocenters. The van der Waals surface area contributed by atoms with Crippen LogP contribution in [0, 0.1) is 18.7 Å². The number of aryl methyl sites for hydroxylation is 1. The van der Waals surface area contributed by atoms with Crippen molar-refractivity contribution in [2.45, 2.75) is 13.3 Å². The third kappa shape index (κ3) is 3.61. The molecule has 0 aromatic heterocycles. The first-order valence-electron chi connectivity index (χ1n) is 7.88. The van der Waals surface area contributed by atoms with E-state index in [2.05, 4.69) is 5.32 Å². The molecule has 1 heterocycles. The summed E-state index contributed by atoms with van der Waals surface area (Å²) in [5.41, 5.74) is 7.20. The van der Waals surface area contributed by atoms with Gasteiger partial charge in [-0.1, -0.05) is 29.3 Å². The zero-order chi connectivity index (χ0) is 19.0. The number of benzene rings is 2. The van der Waals surface area contributed by atoms with Gasteiger partial charge in [0.05, 0.1) is 27.3 Å². The van der Waals surface area contributed by atoms with Crippen molar-refractivity contribution in [1.29, 1.82) is 0 Å². The molecule has 2 aromatic carbocycles. The van der Waals surface area contributed by atoms with Crippen LogP contribution in [0.1, 0.15) is 12.0 Å². The lowest BCUT2D eigenvalue weighted by molar-refractivity contribution is -0.122. The summed E-state index contributed by atoms with van der Waals surface area (Å²) in [5, 5.41) is 3.11. The van der Waals surface area contributed by atoms with Crippen molar-refractivity contribution in [2.24, 2.45) is 5.92 Å². The van der Waals surface area contributed by atoms with E-state index in [1.54, 1.807) is 19.1 Å². The number of carbonyl (C=O) groups is 2. The van der Waals surface area contributed by atoms with Crippen LogP contribution in [0.3, 0.4) is 0 Å². The highest BCUT2D eigenvalue weighted by molar-refractivity contribution is 6.39. The lowest BCUT2D eigenvalue weighted by atomic mass is 10.1. The van der Waals surface area contributed by atoms with Gasteiger partial charge in [-0.25, -0.2) is 4.39 Å². The number of amides is 2. The Bertz CT molecular complexity index is 881. The van der Waals surface area contributed by atoms with Gasteiger partial charge < -0.3 is 16.0 Å². The number of rotatable bonds is 3. The van der Waals surface area contributed by atoms with Crippen molar-refractivity contribution in [3.8, 4) is 0 Å². The monoisotopic (exact) mass is 395 g/mol. The summed E-state index contributed by atoms with van der Waals surface area (Å²) >= 11 is 11.9. The summed E-state index contributed by atoms with van der Waals surface area (Å²) in [5.74, 6) is -1.78. The second kappa shape index (κ2) is 7.13. The average Bonchev–Trinajstić information content (AvgIpc) is 2.94. The fourth-order valence-corrected chi connectivity index (χ4v) is 3.33. The lowest BCUT2D eigenvalue weighted by Gasteiger charge is -2.18. The van der Waals surface area contributed by atoms with Crippen LogP contribution >= 0.6 is 23.2 Å². The molecular weight excluding hydrogens is 380 g/mol. The standard InChI is InChI=1S/C18H16Cl2FN3O2/c1-9-2-3-15(14(21)4-9)24-8-10(5-16(24)25)18(26)23-11-6-12(19)17(22)13(20)7-11/h2-4,6-7,10H,5,8,22H2,1H3,(H,23,26). The van der Waals surface area contributed by atoms with Crippen molar-refractivity contribution < 1.29 is 14.0 Å². The first-order valence-corrected chi connectivity index (χ1v) is 8.63. The van der Waals surface area contributed by atoms with Crippen LogP contribution in [0.5, 0.6) is 0 Å². The highest BCUT2D eigenvalue weighted by atomic mass is 35.5. The molecule has 1 saturated heterocycles. The molecule has 1 fully saturated rings. The van der Waals surface area contributed by atoms with E-state index in [1.165, 1.54) is 23.1 Å². The van der Waals surface area contributed by atoms with Gasteiger partial charge in [0.15, 0.2) is 0 Å². The van der Waals surface area contributed by atoms with E-state index in [0.29, 0.717) is 5.69 Å². The Hall–Kier alpha value is -2.31. The second-order valence-electron chi connectivity index (χ2n) is 6.20. The zero-order valence-electron chi connectivity index (χ0n) is 13.9. The summed E-state index contributed by atoms with van der Waals surface area (Å²) < 4.78 is 14.1. The summed E-state index contributed by atoms with van der Waals surface area (Å²) in [6.45, 7) is 1.86. The van der Waals surface area contributed by atoms with Crippen LogP contribution in [0.25, 0.3) is 0 Å². The molecule has 1 aliphatic rings. The molecule has 0 bridgehead atoms. The van der Waals surface area contributed by atoms with Crippen LogP contribution in [-0.4, -0.2) is 18.4 Å².